The van der Waals surface area contributed by atoms with Crippen LogP contribution in [-0.2, 0) is 17.8 Å². The fourth-order valence-corrected chi connectivity index (χ4v) is 4.64. The molecule has 0 aliphatic carbocycles. The Morgan fingerprint density at radius 2 is 1.67 bits per heavy atom. The molecule has 0 amide bonds. The first-order valence-corrected chi connectivity index (χ1v) is 12.4. The summed E-state index contributed by atoms with van der Waals surface area (Å²) < 4.78 is 6.00. The Morgan fingerprint density at radius 1 is 0.917 bits per heavy atom. The van der Waals surface area contributed by atoms with E-state index in [2.05, 4.69) is 75.9 Å². The maximum absolute atomic E-state index is 9.36. The lowest BCUT2D eigenvalue weighted by molar-refractivity contribution is -0.0300. The number of ether oxygens (including phenoxy) is 1. The Morgan fingerprint density at radius 3 is 2.42 bits per heavy atom. The number of morpholine rings is 1. The Balaban J connectivity index is 1.19. The van der Waals surface area contributed by atoms with Gasteiger partial charge in [-0.2, -0.15) is 5.26 Å². The fourth-order valence-electron chi connectivity index (χ4n) is 4.64. The molecule has 0 bridgehead atoms. The van der Waals surface area contributed by atoms with Crippen molar-refractivity contribution in [3.63, 3.8) is 0 Å². The minimum Gasteiger partial charge on any atom is -0.374 e. The number of benzene rings is 3. The summed E-state index contributed by atoms with van der Waals surface area (Å²) in [6.45, 7) is 5.26. The highest BCUT2D eigenvalue weighted by atomic mass is 16.5. The zero-order valence-electron chi connectivity index (χ0n) is 20.3. The van der Waals surface area contributed by atoms with E-state index in [9.17, 15) is 5.26 Å². The average Bonchev–Trinajstić information content (AvgIpc) is 2.94. The molecule has 36 heavy (non-hydrogen) atoms. The van der Waals surface area contributed by atoms with Gasteiger partial charge in [-0.15, -0.1) is 0 Å². The molecule has 1 aliphatic heterocycles. The third kappa shape index (κ3) is 6.05. The van der Waals surface area contributed by atoms with E-state index in [1.807, 2.05) is 36.4 Å². The SMILES string of the molecule is N#Cc1cnc(-c2ccc(CNCC3CN(Cc4ccccc4)CCO3)cc2)c(-c2ccccc2)c1. The molecule has 0 radical (unpaired) electrons. The molecule has 5 heteroatoms. The van der Waals surface area contributed by atoms with Gasteiger partial charge in [0.25, 0.3) is 0 Å². The summed E-state index contributed by atoms with van der Waals surface area (Å²) in [5.74, 6) is 0. The first kappa shape index (κ1) is 23.9. The highest BCUT2D eigenvalue weighted by Gasteiger charge is 2.20. The Hall–Kier alpha value is -3.82. The number of aromatic nitrogens is 1. The molecule has 3 aromatic carbocycles. The van der Waals surface area contributed by atoms with Gasteiger partial charge in [0.15, 0.2) is 0 Å². The van der Waals surface area contributed by atoms with Crippen molar-refractivity contribution < 1.29 is 4.74 Å². The van der Waals surface area contributed by atoms with Crippen LogP contribution >= 0.6 is 0 Å². The minimum absolute atomic E-state index is 0.193. The minimum atomic E-state index is 0.193. The van der Waals surface area contributed by atoms with E-state index < -0.39 is 0 Å². The number of nitriles is 1. The molecule has 1 aliphatic rings. The van der Waals surface area contributed by atoms with Crippen molar-refractivity contribution in [1.29, 1.82) is 5.26 Å². The molecule has 0 spiro atoms. The summed E-state index contributed by atoms with van der Waals surface area (Å²) in [7, 11) is 0. The van der Waals surface area contributed by atoms with Crippen molar-refractivity contribution >= 4 is 0 Å². The van der Waals surface area contributed by atoms with Gasteiger partial charge in [-0.05, 0) is 22.8 Å². The van der Waals surface area contributed by atoms with Gasteiger partial charge >= 0.3 is 0 Å². The molecular formula is C31H30N4O. The van der Waals surface area contributed by atoms with Crippen molar-refractivity contribution in [1.82, 2.24) is 15.2 Å². The van der Waals surface area contributed by atoms with Crippen molar-refractivity contribution in [2.45, 2.75) is 19.2 Å². The highest BCUT2D eigenvalue weighted by molar-refractivity contribution is 5.81. The van der Waals surface area contributed by atoms with Gasteiger partial charge in [0.05, 0.1) is 24.0 Å². The summed E-state index contributed by atoms with van der Waals surface area (Å²) >= 11 is 0. The molecule has 2 heterocycles. The lowest BCUT2D eigenvalue weighted by Gasteiger charge is -2.33. The summed E-state index contributed by atoms with van der Waals surface area (Å²) in [6, 6.07) is 33.3. The second-order valence-electron chi connectivity index (χ2n) is 9.14. The molecule has 1 N–H and O–H groups in total. The summed E-state index contributed by atoms with van der Waals surface area (Å²) in [5.41, 5.74) is 7.06. The van der Waals surface area contributed by atoms with Gasteiger partial charge in [0.2, 0.25) is 0 Å². The van der Waals surface area contributed by atoms with Crippen molar-refractivity contribution in [3.05, 3.63) is 114 Å². The van der Waals surface area contributed by atoms with Gasteiger partial charge in [-0.3, -0.25) is 9.88 Å². The summed E-state index contributed by atoms with van der Waals surface area (Å²) in [6.07, 6.45) is 1.83. The van der Waals surface area contributed by atoms with Crippen LogP contribution in [0.5, 0.6) is 0 Å². The number of pyridine rings is 1. The summed E-state index contributed by atoms with van der Waals surface area (Å²) in [4.78, 5) is 7.09. The fraction of sp³-hybridized carbons (Fsp3) is 0.226. The van der Waals surface area contributed by atoms with Crippen LogP contribution in [0.3, 0.4) is 0 Å². The molecule has 1 unspecified atom stereocenters. The normalized spacial score (nSPS) is 15.9. The number of hydrogen-bond acceptors (Lipinski definition) is 5. The van der Waals surface area contributed by atoms with E-state index >= 15 is 0 Å². The second kappa shape index (κ2) is 11.7. The number of hydrogen-bond donors (Lipinski definition) is 1. The lowest BCUT2D eigenvalue weighted by Crippen LogP contribution is -2.46. The molecule has 5 rings (SSSR count). The monoisotopic (exact) mass is 474 g/mol. The van der Waals surface area contributed by atoms with E-state index in [1.54, 1.807) is 6.20 Å². The Kier molecular flexibility index (Phi) is 7.80. The molecule has 4 aromatic rings. The molecule has 0 saturated carbocycles. The number of rotatable bonds is 8. The van der Waals surface area contributed by atoms with E-state index in [4.69, 9.17) is 4.74 Å². The van der Waals surface area contributed by atoms with Crippen LogP contribution in [0.4, 0.5) is 0 Å². The van der Waals surface area contributed by atoms with Crippen LogP contribution in [0.1, 0.15) is 16.7 Å². The van der Waals surface area contributed by atoms with Gasteiger partial charge in [0.1, 0.15) is 6.07 Å². The average molecular weight is 475 g/mol. The predicted molar refractivity (Wildman–Crippen MR) is 143 cm³/mol. The van der Waals surface area contributed by atoms with Gasteiger partial charge in [-0.1, -0.05) is 84.9 Å². The molecule has 1 aromatic heterocycles. The van der Waals surface area contributed by atoms with Crippen LogP contribution in [-0.4, -0.2) is 42.2 Å². The van der Waals surface area contributed by atoms with Gasteiger partial charge in [-0.25, -0.2) is 0 Å². The molecule has 1 fully saturated rings. The number of nitrogens with zero attached hydrogens (tertiary/aromatic N) is 3. The second-order valence-corrected chi connectivity index (χ2v) is 9.14. The van der Waals surface area contributed by atoms with Gasteiger partial charge in [0, 0.05) is 50.0 Å². The molecule has 1 saturated heterocycles. The van der Waals surface area contributed by atoms with Crippen LogP contribution in [0.2, 0.25) is 0 Å². The first-order valence-electron chi connectivity index (χ1n) is 12.4. The van der Waals surface area contributed by atoms with Crippen molar-refractivity contribution in [2.24, 2.45) is 0 Å². The molecule has 5 nitrogen and oxygen atoms in total. The van der Waals surface area contributed by atoms with Crippen molar-refractivity contribution in [3.8, 4) is 28.5 Å². The van der Waals surface area contributed by atoms with E-state index in [1.165, 1.54) is 11.1 Å². The highest BCUT2D eigenvalue weighted by Crippen LogP contribution is 2.31. The molecular weight excluding hydrogens is 444 g/mol. The van der Waals surface area contributed by atoms with E-state index in [-0.39, 0.29) is 6.10 Å². The maximum atomic E-state index is 9.36. The van der Waals surface area contributed by atoms with Crippen molar-refractivity contribution in [2.75, 3.05) is 26.2 Å². The molecule has 180 valence electrons. The maximum Gasteiger partial charge on any atom is 0.101 e. The van der Waals surface area contributed by atoms with Crippen LogP contribution in [0.15, 0.2) is 97.2 Å². The van der Waals surface area contributed by atoms with Crippen LogP contribution in [0, 0.1) is 11.3 Å². The third-order valence-corrected chi connectivity index (χ3v) is 6.50. The zero-order chi connectivity index (χ0) is 24.6. The van der Waals surface area contributed by atoms with E-state index in [0.717, 1.165) is 61.7 Å². The van der Waals surface area contributed by atoms with Crippen LogP contribution in [0.25, 0.3) is 22.4 Å². The molecule has 1 atom stereocenters. The largest absolute Gasteiger partial charge is 0.374 e. The zero-order valence-corrected chi connectivity index (χ0v) is 20.3. The third-order valence-electron chi connectivity index (χ3n) is 6.50. The number of nitrogens with one attached hydrogen (secondary N) is 1. The van der Waals surface area contributed by atoms with E-state index in [0.29, 0.717) is 5.56 Å². The standard InChI is InChI=1S/C31H30N4O/c32-18-26-17-30(27-9-5-2-6-10-27)31(34-20-26)28-13-11-24(12-14-28)19-33-21-29-23-35(15-16-36-29)22-25-7-3-1-4-8-25/h1-14,17,20,29,33H,15-16,19,21-23H2. The topological polar surface area (TPSA) is 61.2 Å². The predicted octanol–water partition coefficient (Wildman–Crippen LogP) is 5.28. The summed E-state index contributed by atoms with van der Waals surface area (Å²) in [5, 5.41) is 12.9. The Bertz CT molecular complexity index is 1300. The Labute approximate surface area is 213 Å². The lowest BCUT2D eigenvalue weighted by atomic mass is 9.97. The van der Waals surface area contributed by atoms with Crippen LogP contribution < -0.4 is 5.32 Å². The van der Waals surface area contributed by atoms with Gasteiger partial charge < -0.3 is 10.1 Å². The smallest absolute Gasteiger partial charge is 0.101 e. The first-order chi connectivity index (χ1) is 17.8. The quantitative estimate of drug-likeness (QED) is 0.377.